The second-order valence-corrected chi connectivity index (χ2v) is 7.23. The number of hydrogen-bond acceptors (Lipinski definition) is 3. The first-order chi connectivity index (χ1) is 9.06. The van der Waals surface area contributed by atoms with Crippen molar-refractivity contribution in [1.82, 2.24) is 14.3 Å². The van der Waals surface area contributed by atoms with Gasteiger partial charge >= 0.3 is 0 Å². The van der Waals surface area contributed by atoms with E-state index in [1.807, 2.05) is 0 Å². The predicted molar refractivity (Wildman–Crippen MR) is 79.3 cm³/mol. The van der Waals surface area contributed by atoms with Crippen LogP contribution in [0.25, 0.3) is 0 Å². The highest BCUT2D eigenvalue weighted by Gasteiger charge is 2.20. The second-order valence-electron chi connectivity index (χ2n) is 5.36. The molecule has 0 aromatic rings. The molecule has 0 saturated heterocycles. The molecule has 0 radical (unpaired) electrons. The van der Waals surface area contributed by atoms with Crippen molar-refractivity contribution < 1.29 is 8.42 Å². The van der Waals surface area contributed by atoms with Crippen molar-refractivity contribution in [2.24, 2.45) is 0 Å². The fourth-order valence-corrected chi connectivity index (χ4v) is 2.87. The molecule has 0 aromatic carbocycles. The number of rotatable bonds is 12. The molecule has 0 spiro atoms. The van der Waals surface area contributed by atoms with E-state index in [2.05, 4.69) is 17.0 Å². The molecule has 6 heteroatoms. The molecule has 1 fully saturated rings. The molecule has 0 bridgehead atoms. The van der Waals surface area contributed by atoms with Gasteiger partial charge in [-0.05, 0) is 32.2 Å². The van der Waals surface area contributed by atoms with Crippen LogP contribution in [0.1, 0.15) is 51.9 Å². The van der Waals surface area contributed by atoms with E-state index in [9.17, 15) is 8.42 Å². The standard InChI is InChI=1S/C13H29N3O2S/c1-3-4-5-6-11-15-19(17,18)16(2)12-7-10-14-13-8-9-13/h13-15H,3-12H2,1-2H3. The predicted octanol–water partition coefficient (Wildman–Crippen LogP) is 1.48. The van der Waals surface area contributed by atoms with Crippen LogP contribution < -0.4 is 10.0 Å². The van der Waals surface area contributed by atoms with Crippen molar-refractivity contribution >= 4 is 10.2 Å². The summed E-state index contributed by atoms with van der Waals surface area (Å²) in [6.45, 7) is 4.17. The molecular weight excluding hydrogens is 262 g/mol. The fraction of sp³-hybridized carbons (Fsp3) is 1.00. The second kappa shape index (κ2) is 8.89. The Balaban J connectivity index is 2.07. The molecule has 19 heavy (non-hydrogen) atoms. The van der Waals surface area contributed by atoms with Crippen LogP contribution >= 0.6 is 0 Å². The molecule has 1 saturated carbocycles. The van der Waals surface area contributed by atoms with E-state index in [-0.39, 0.29) is 0 Å². The summed E-state index contributed by atoms with van der Waals surface area (Å²) in [5.41, 5.74) is 0. The van der Waals surface area contributed by atoms with Gasteiger partial charge in [0.2, 0.25) is 0 Å². The molecule has 0 aliphatic heterocycles. The van der Waals surface area contributed by atoms with Gasteiger partial charge in [0.1, 0.15) is 0 Å². The van der Waals surface area contributed by atoms with Crippen molar-refractivity contribution in [3.05, 3.63) is 0 Å². The van der Waals surface area contributed by atoms with Gasteiger partial charge in [-0.3, -0.25) is 0 Å². The summed E-state index contributed by atoms with van der Waals surface area (Å²) >= 11 is 0. The Bertz CT molecular complexity index is 329. The fourth-order valence-electron chi connectivity index (χ4n) is 1.88. The minimum Gasteiger partial charge on any atom is -0.314 e. The molecular formula is C13H29N3O2S. The van der Waals surface area contributed by atoms with Crippen LogP contribution in [0.3, 0.4) is 0 Å². The van der Waals surface area contributed by atoms with Crippen molar-refractivity contribution in [2.75, 3.05) is 26.7 Å². The van der Waals surface area contributed by atoms with Crippen LogP contribution in [0.5, 0.6) is 0 Å². The molecule has 1 rings (SSSR count). The summed E-state index contributed by atoms with van der Waals surface area (Å²) in [4.78, 5) is 0. The number of hydrogen-bond donors (Lipinski definition) is 2. The maximum Gasteiger partial charge on any atom is 0.279 e. The minimum absolute atomic E-state index is 0.549. The lowest BCUT2D eigenvalue weighted by Gasteiger charge is -2.17. The largest absolute Gasteiger partial charge is 0.314 e. The average Bonchev–Trinajstić information content (AvgIpc) is 3.18. The van der Waals surface area contributed by atoms with E-state index in [4.69, 9.17) is 0 Å². The average molecular weight is 291 g/mol. The first-order valence-electron chi connectivity index (χ1n) is 7.50. The zero-order valence-electron chi connectivity index (χ0n) is 12.3. The lowest BCUT2D eigenvalue weighted by Crippen LogP contribution is -2.39. The van der Waals surface area contributed by atoms with Gasteiger partial charge in [-0.25, -0.2) is 4.72 Å². The SMILES string of the molecule is CCCCCCNS(=O)(=O)N(C)CCCNC1CC1. The number of nitrogens with one attached hydrogen (secondary N) is 2. The van der Waals surface area contributed by atoms with Crippen LogP contribution in [0, 0.1) is 0 Å². The Kier molecular flexibility index (Phi) is 7.90. The third-order valence-corrected chi connectivity index (χ3v) is 4.96. The maximum absolute atomic E-state index is 11.9. The number of unbranched alkanes of at least 4 members (excludes halogenated alkanes) is 3. The Morgan fingerprint density at radius 1 is 1.11 bits per heavy atom. The quantitative estimate of drug-likeness (QED) is 0.535. The van der Waals surface area contributed by atoms with Crippen LogP contribution in [-0.4, -0.2) is 45.4 Å². The van der Waals surface area contributed by atoms with Gasteiger partial charge < -0.3 is 5.32 Å². The van der Waals surface area contributed by atoms with Gasteiger partial charge in [-0.1, -0.05) is 26.2 Å². The zero-order chi connectivity index (χ0) is 14.1. The normalized spacial score (nSPS) is 16.2. The summed E-state index contributed by atoms with van der Waals surface area (Å²) < 4.78 is 27.9. The van der Waals surface area contributed by atoms with Gasteiger partial charge in [0.25, 0.3) is 10.2 Å². The lowest BCUT2D eigenvalue weighted by atomic mass is 10.2. The Labute approximate surface area is 118 Å². The van der Waals surface area contributed by atoms with E-state index in [0.717, 1.165) is 25.8 Å². The van der Waals surface area contributed by atoms with Gasteiger partial charge in [0.15, 0.2) is 0 Å². The van der Waals surface area contributed by atoms with E-state index in [1.165, 1.54) is 30.0 Å². The number of nitrogens with zero attached hydrogens (tertiary/aromatic N) is 1. The maximum atomic E-state index is 11.9. The minimum atomic E-state index is -3.28. The molecule has 0 heterocycles. The molecule has 1 aliphatic carbocycles. The van der Waals surface area contributed by atoms with Crippen molar-refractivity contribution in [2.45, 2.75) is 57.9 Å². The van der Waals surface area contributed by atoms with E-state index >= 15 is 0 Å². The highest BCUT2D eigenvalue weighted by atomic mass is 32.2. The van der Waals surface area contributed by atoms with Crippen LogP contribution in [0.4, 0.5) is 0 Å². The van der Waals surface area contributed by atoms with Crippen LogP contribution in [0.2, 0.25) is 0 Å². The first-order valence-corrected chi connectivity index (χ1v) is 8.94. The van der Waals surface area contributed by atoms with Gasteiger partial charge in [0, 0.05) is 26.2 Å². The smallest absolute Gasteiger partial charge is 0.279 e. The summed E-state index contributed by atoms with van der Waals surface area (Å²) in [5, 5.41) is 3.39. The highest BCUT2D eigenvalue weighted by Crippen LogP contribution is 2.18. The Morgan fingerprint density at radius 3 is 2.47 bits per heavy atom. The van der Waals surface area contributed by atoms with Gasteiger partial charge in [-0.2, -0.15) is 12.7 Å². The van der Waals surface area contributed by atoms with E-state index < -0.39 is 10.2 Å². The molecule has 5 nitrogen and oxygen atoms in total. The van der Waals surface area contributed by atoms with Crippen molar-refractivity contribution in [1.29, 1.82) is 0 Å². The molecule has 0 atom stereocenters. The van der Waals surface area contributed by atoms with Crippen molar-refractivity contribution in [3.8, 4) is 0 Å². The third kappa shape index (κ3) is 7.87. The molecule has 114 valence electrons. The van der Waals surface area contributed by atoms with Crippen molar-refractivity contribution in [3.63, 3.8) is 0 Å². The van der Waals surface area contributed by atoms with Crippen LogP contribution in [0.15, 0.2) is 0 Å². The van der Waals surface area contributed by atoms with Gasteiger partial charge in [-0.15, -0.1) is 0 Å². The molecule has 0 amide bonds. The summed E-state index contributed by atoms with van der Waals surface area (Å²) in [7, 11) is -1.63. The summed E-state index contributed by atoms with van der Waals surface area (Å²) in [6, 6.07) is 0.693. The van der Waals surface area contributed by atoms with Crippen LogP contribution in [-0.2, 0) is 10.2 Å². The van der Waals surface area contributed by atoms with E-state index in [0.29, 0.717) is 19.1 Å². The summed E-state index contributed by atoms with van der Waals surface area (Å²) in [5.74, 6) is 0. The Hall–Kier alpha value is -0.170. The monoisotopic (exact) mass is 291 g/mol. The molecule has 1 aliphatic rings. The molecule has 0 unspecified atom stereocenters. The summed E-state index contributed by atoms with van der Waals surface area (Å²) in [6.07, 6.45) is 7.76. The zero-order valence-corrected chi connectivity index (χ0v) is 13.1. The van der Waals surface area contributed by atoms with E-state index in [1.54, 1.807) is 7.05 Å². The highest BCUT2D eigenvalue weighted by molar-refractivity contribution is 7.87. The molecule has 0 aromatic heterocycles. The first kappa shape index (κ1) is 16.9. The van der Waals surface area contributed by atoms with Gasteiger partial charge in [0.05, 0.1) is 0 Å². The topological polar surface area (TPSA) is 61.4 Å². The molecule has 2 N–H and O–H groups in total. The lowest BCUT2D eigenvalue weighted by molar-refractivity contribution is 0.443. The Morgan fingerprint density at radius 2 is 1.84 bits per heavy atom. The third-order valence-electron chi connectivity index (χ3n) is 3.39.